The first-order valence-electron chi connectivity index (χ1n) is 6.45. The second kappa shape index (κ2) is 5.84. The lowest BCUT2D eigenvalue weighted by molar-refractivity contribution is 0.00578. The van der Waals surface area contributed by atoms with E-state index >= 15 is 0 Å². The maximum absolute atomic E-state index is 6.04. The molecule has 1 heterocycles. The lowest BCUT2D eigenvalue weighted by Crippen LogP contribution is -2.41. The second-order valence-electron chi connectivity index (χ2n) is 5.86. The lowest BCUT2D eigenvalue weighted by Gasteiger charge is -2.32. The van der Waals surface area contributed by atoms with Crippen LogP contribution in [-0.2, 0) is 15.9 Å². The van der Waals surface area contributed by atoms with Crippen molar-refractivity contribution in [2.45, 2.75) is 45.4 Å². The van der Waals surface area contributed by atoms with Gasteiger partial charge in [0, 0.05) is 6.54 Å². The molecule has 1 N–H and O–H groups in total. The van der Waals surface area contributed by atoms with Gasteiger partial charge in [0.2, 0.25) is 0 Å². The number of halogens is 1. The Morgan fingerprint density at radius 2 is 1.68 bits per heavy atom. The van der Waals surface area contributed by atoms with E-state index < -0.39 is 0 Å². The minimum absolute atomic E-state index is 0. The predicted molar refractivity (Wildman–Crippen MR) is 82.2 cm³/mol. The van der Waals surface area contributed by atoms with Gasteiger partial charge in [-0.25, -0.2) is 0 Å². The van der Waals surface area contributed by atoms with Crippen LogP contribution in [0.1, 0.15) is 33.3 Å². The topological polar surface area (TPSA) is 30.5 Å². The van der Waals surface area contributed by atoms with Gasteiger partial charge in [-0.1, -0.05) is 24.3 Å². The number of hydrogen-bond acceptors (Lipinski definition) is 3. The highest BCUT2D eigenvalue weighted by atomic mass is 35.5. The van der Waals surface area contributed by atoms with Crippen LogP contribution in [-0.4, -0.2) is 25.4 Å². The monoisotopic (exact) mass is 283 g/mol. The van der Waals surface area contributed by atoms with Crippen LogP contribution in [0.15, 0.2) is 24.3 Å². The van der Waals surface area contributed by atoms with E-state index in [0.717, 1.165) is 12.0 Å². The van der Waals surface area contributed by atoms with Crippen molar-refractivity contribution in [2.24, 2.45) is 0 Å². The maximum atomic E-state index is 6.04. The summed E-state index contributed by atoms with van der Waals surface area (Å²) in [6, 6.07) is 8.35. The highest BCUT2D eigenvalue weighted by Gasteiger charge is 2.51. The van der Waals surface area contributed by atoms with Crippen LogP contribution < -0.4 is 10.8 Å². The normalized spacial score (nSPS) is 20.2. The largest absolute Gasteiger partial charge is 0.494 e. The molecule has 1 aliphatic heterocycles. The van der Waals surface area contributed by atoms with Crippen molar-refractivity contribution in [2.75, 3.05) is 7.05 Å². The summed E-state index contributed by atoms with van der Waals surface area (Å²) in [7, 11) is 1.67. The molecule has 0 aliphatic carbocycles. The third-order valence-electron chi connectivity index (χ3n) is 3.86. The first kappa shape index (κ1) is 16.5. The van der Waals surface area contributed by atoms with E-state index in [9.17, 15) is 0 Å². The predicted octanol–water partition coefficient (Wildman–Crippen LogP) is 2.13. The standard InChI is InChI=1S/C14H22BNO2.ClH/c1-13(2)14(3,4)18-15(17-13)12-8-6-7-11(9-12)10-16-5;/h6-9,16H,10H2,1-5H3;1H. The summed E-state index contributed by atoms with van der Waals surface area (Å²) in [5.74, 6) is 0. The van der Waals surface area contributed by atoms with Gasteiger partial charge in [-0.2, -0.15) is 0 Å². The summed E-state index contributed by atoms with van der Waals surface area (Å²) in [5.41, 5.74) is 1.76. The molecular weight excluding hydrogens is 260 g/mol. The SMILES string of the molecule is CNCc1cccc(B2OC(C)(C)C(C)(C)O2)c1.Cl. The van der Waals surface area contributed by atoms with Crippen LogP contribution in [0, 0.1) is 0 Å². The zero-order valence-electron chi connectivity index (χ0n) is 12.3. The van der Waals surface area contributed by atoms with Crippen LogP contribution in [0.5, 0.6) is 0 Å². The van der Waals surface area contributed by atoms with Crippen molar-refractivity contribution in [3.8, 4) is 0 Å². The molecule has 5 heteroatoms. The smallest absolute Gasteiger partial charge is 0.399 e. The zero-order valence-corrected chi connectivity index (χ0v) is 13.1. The van der Waals surface area contributed by atoms with Gasteiger partial charge in [0.25, 0.3) is 0 Å². The summed E-state index contributed by atoms with van der Waals surface area (Å²) in [6.07, 6.45) is 0. The molecule has 0 amide bonds. The van der Waals surface area contributed by atoms with Crippen molar-refractivity contribution in [1.29, 1.82) is 0 Å². The third kappa shape index (κ3) is 3.32. The van der Waals surface area contributed by atoms with Gasteiger partial charge >= 0.3 is 7.12 Å². The van der Waals surface area contributed by atoms with Gasteiger partial charge in [-0.15, -0.1) is 12.4 Å². The summed E-state index contributed by atoms with van der Waals surface area (Å²) >= 11 is 0. The van der Waals surface area contributed by atoms with E-state index in [1.54, 1.807) is 0 Å². The van der Waals surface area contributed by atoms with Crippen molar-refractivity contribution in [3.05, 3.63) is 29.8 Å². The van der Waals surface area contributed by atoms with E-state index in [2.05, 4.69) is 51.2 Å². The highest BCUT2D eigenvalue weighted by Crippen LogP contribution is 2.36. The summed E-state index contributed by atoms with van der Waals surface area (Å²) in [4.78, 5) is 0. The van der Waals surface area contributed by atoms with Gasteiger partial charge in [-0.05, 0) is 45.8 Å². The lowest BCUT2D eigenvalue weighted by atomic mass is 9.78. The highest BCUT2D eigenvalue weighted by molar-refractivity contribution is 6.62. The van der Waals surface area contributed by atoms with Crippen LogP contribution >= 0.6 is 12.4 Å². The van der Waals surface area contributed by atoms with Gasteiger partial charge in [0.05, 0.1) is 11.2 Å². The molecule has 1 aromatic carbocycles. The van der Waals surface area contributed by atoms with E-state index in [1.807, 2.05) is 13.1 Å². The van der Waals surface area contributed by atoms with E-state index in [0.29, 0.717) is 0 Å². The Morgan fingerprint density at radius 3 is 2.21 bits per heavy atom. The van der Waals surface area contributed by atoms with Crippen molar-refractivity contribution in [3.63, 3.8) is 0 Å². The molecule has 19 heavy (non-hydrogen) atoms. The Bertz CT molecular complexity index is 421. The molecule has 2 rings (SSSR count). The number of hydrogen-bond donors (Lipinski definition) is 1. The van der Waals surface area contributed by atoms with E-state index in [-0.39, 0.29) is 30.7 Å². The van der Waals surface area contributed by atoms with Crippen LogP contribution in [0.25, 0.3) is 0 Å². The molecular formula is C14H23BClNO2. The third-order valence-corrected chi connectivity index (χ3v) is 3.86. The molecule has 1 aliphatic rings. The fourth-order valence-corrected chi connectivity index (χ4v) is 2.03. The molecule has 3 nitrogen and oxygen atoms in total. The average molecular weight is 284 g/mol. The molecule has 106 valence electrons. The fourth-order valence-electron chi connectivity index (χ4n) is 2.03. The van der Waals surface area contributed by atoms with Crippen molar-refractivity contribution < 1.29 is 9.31 Å². The van der Waals surface area contributed by atoms with Crippen LogP contribution in [0.3, 0.4) is 0 Å². The van der Waals surface area contributed by atoms with Crippen LogP contribution in [0.4, 0.5) is 0 Å². The Morgan fingerprint density at radius 1 is 1.11 bits per heavy atom. The zero-order chi connectivity index (χ0) is 13.4. The molecule has 0 aromatic heterocycles. The molecule has 0 radical (unpaired) electrons. The molecule has 1 saturated heterocycles. The van der Waals surface area contributed by atoms with Crippen molar-refractivity contribution in [1.82, 2.24) is 5.32 Å². The average Bonchev–Trinajstić information content (AvgIpc) is 2.49. The molecule has 1 fully saturated rings. The number of rotatable bonds is 3. The summed E-state index contributed by atoms with van der Waals surface area (Å²) < 4.78 is 12.1. The Balaban J connectivity index is 0.00000180. The molecule has 0 atom stereocenters. The van der Waals surface area contributed by atoms with E-state index in [4.69, 9.17) is 9.31 Å². The molecule has 0 bridgehead atoms. The first-order chi connectivity index (χ1) is 8.36. The van der Waals surface area contributed by atoms with Gasteiger partial charge in [0.1, 0.15) is 0 Å². The fraction of sp³-hybridized carbons (Fsp3) is 0.571. The Labute approximate surface area is 122 Å². The first-order valence-corrected chi connectivity index (χ1v) is 6.45. The van der Waals surface area contributed by atoms with Gasteiger partial charge in [-0.3, -0.25) is 0 Å². The minimum atomic E-state index is -0.281. The molecule has 0 unspecified atom stereocenters. The Hall–Kier alpha value is -0.545. The summed E-state index contributed by atoms with van der Waals surface area (Å²) in [5, 5.41) is 3.15. The number of benzene rings is 1. The quantitative estimate of drug-likeness (QED) is 0.862. The Kier molecular flexibility index (Phi) is 5.07. The number of nitrogens with one attached hydrogen (secondary N) is 1. The van der Waals surface area contributed by atoms with Gasteiger partial charge in [0.15, 0.2) is 0 Å². The van der Waals surface area contributed by atoms with Gasteiger partial charge < -0.3 is 14.6 Å². The molecule has 0 spiro atoms. The summed E-state index contributed by atoms with van der Waals surface area (Å²) in [6.45, 7) is 9.15. The molecule has 0 saturated carbocycles. The minimum Gasteiger partial charge on any atom is -0.399 e. The van der Waals surface area contributed by atoms with Crippen LogP contribution in [0.2, 0.25) is 0 Å². The van der Waals surface area contributed by atoms with E-state index in [1.165, 1.54) is 5.56 Å². The second-order valence-corrected chi connectivity index (χ2v) is 5.86. The molecule has 1 aromatic rings. The maximum Gasteiger partial charge on any atom is 0.494 e. The van der Waals surface area contributed by atoms with Crippen molar-refractivity contribution >= 4 is 25.0 Å².